The van der Waals surface area contributed by atoms with Crippen molar-refractivity contribution in [1.29, 1.82) is 5.26 Å². The Kier molecular flexibility index (Phi) is 4.83. The fraction of sp³-hybridized carbons (Fsp3) is 0.0625. The molecule has 6 heteroatoms. The molecule has 0 spiro atoms. The van der Waals surface area contributed by atoms with E-state index in [1.165, 1.54) is 18.3 Å². The molecule has 0 saturated heterocycles. The maximum absolute atomic E-state index is 13.7. The van der Waals surface area contributed by atoms with Gasteiger partial charge in [0.25, 0.3) is 5.91 Å². The van der Waals surface area contributed by atoms with Crippen molar-refractivity contribution < 1.29 is 13.9 Å². The van der Waals surface area contributed by atoms with E-state index in [1.807, 2.05) is 0 Å². The van der Waals surface area contributed by atoms with Crippen LogP contribution in [-0.2, 0) is 0 Å². The van der Waals surface area contributed by atoms with Gasteiger partial charge in [-0.05, 0) is 35.9 Å². The second kappa shape index (κ2) is 6.99. The second-order valence-corrected chi connectivity index (χ2v) is 4.28. The number of carbonyl (C=O) groups is 1. The average Bonchev–Trinajstić information content (AvgIpc) is 2.54. The summed E-state index contributed by atoms with van der Waals surface area (Å²) >= 11 is 0. The van der Waals surface area contributed by atoms with E-state index in [1.54, 1.807) is 37.4 Å². The first kappa shape index (κ1) is 15.2. The van der Waals surface area contributed by atoms with Crippen molar-refractivity contribution in [3.05, 3.63) is 65.0 Å². The minimum atomic E-state index is -0.770. The van der Waals surface area contributed by atoms with Gasteiger partial charge in [0.2, 0.25) is 0 Å². The van der Waals surface area contributed by atoms with Gasteiger partial charge in [-0.3, -0.25) is 4.79 Å². The smallest absolute Gasteiger partial charge is 0.274 e. The van der Waals surface area contributed by atoms with Gasteiger partial charge in [0.1, 0.15) is 11.6 Å². The largest absolute Gasteiger partial charge is 0.497 e. The molecular formula is C16H12FN3O2. The van der Waals surface area contributed by atoms with E-state index in [2.05, 4.69) is 10.5 Å². The van der Waals surface area contributed by atoms with Crippen molar-refractivity contribution in [3.8, 4) is 11.8 Å². The number of hydrazone groups is 1. The molecule has 5 nitrogen and oxygen atoms in total. The quantitative estimate of drug-likeness (QED) is 0.696. The standard InChI is InChI=1S/C16H12FN3O2/c1-22-13-4-2-3-12(7-13)10-19-20-16(21)14-6-5-11(9-18)8-15(14)17/h2-8,10H,1H3,(H,20,21)/b19-10-. The Balaban J connectivity index is 2.06. The van der Waals surface area contributed by atoms with Crippen LogP contribution >= 0.6 is 0 Å². The molecule has 0 heterocycles. The van der Waals surface area contributed by atoms with Crippen LogP contribution in [0.3, 0.4) is 0 Å². The number of rotatable bonds is 4. The van der Waals surface area contributed by atoms with Gasteiger partial charge in [-0.25, -0.2) is 9.82 Å². The van der Waals surface area contributed by atoms with Gasteiger partial charge in [0.05, 0.1) is 30.5 Å². The molecule has 0 atom stereocenters. The van der Waals surface area contributed by atoms with Crippen molar-refractivity contribution in [3.63, 3.8) is 0 Å². The summed E-state index contributed by atoms with van der Waals surface area (Å²) in [6.07, 6.45) is 1.42. The molecule has 110 valence electrons. The number of halogens is 1. The SMILES string of the molecule is COc1cccc(/C=N\NC(=O)c2ccc(C#N)cc2F)c1. The Morgan fingerprint density at radius 2 is 2.18 bits per heavy atom. The Hall–Kier alpha value is -3.20. The van der Waals surface area contributed by atoms with E-state index in [-0.39, 0.29) is 11.1 Å². The van der Waals surface area contributed by atoms with Gasteiger partial charge in [-0.2, -0.15) is 10.4 Å². The first-order valence-corrected chi connectivity index (χ1v) is 6.31. The zero-order valence-electron chi connectivity index (χ0n) is 11.7. The minimum Gasteiger partial charge on any atom is -0.497 e. The van der Waals surface area contributed by atoms with Crippen molar-refractivity contribution >= 4 is 12.1 Å². The number of carbonyl (C=O) groups excluding carboxylic acids is 1. The lowest BCUT2D eigenvalue weighted by Crippen LogP contribution is -2.19. The highest BCUT2D eigenvalue weighted by Gasteiger charge is 2.11. The third-order valence-corrected chi connectivity index (χ3v) is 2.82. The van der Waals surface area contributed by atoms with Gasteiger partial charge >= 0.3 is 0 Å². The lowest BCUT2D eigenvalue weighted by molar-refractivity contribution is 0.0951. The molecule has 0 unspecified atom stereocenters. The monoisotopic (exact) mass is 297 g/mol. The zero-order valence-corrected chi connectivity index (χ0v) is 11.7. The van der Waals surface area contributed by atoms with Crippen LogP contribution in [0.1, 0.15) is 21.5 Å². The number of hydrogen-bond acceptors (Lipinski definition) is 4. The van der Waals surface area contributed by atoms with Crippen molar-refractivity contribution in [2.24, 2.45) is 5.10 Å². The van der Waals surface area contributed by atoms with Crippen molar-refractivity contribution in [1.82, 2.24) is 5.43 Å². The van der Waals surface area contributed by atoms with Gasteiger partial charge in [-0.15, -0.1) is 0 Å². The van der Waals surface area contributed by atoms with Crippen molar-refractivity contribution in [2.75, 3.05) is 7.11 Å². The third-order valence-electron chi connectivity index (χ3n) is 2.82. The molecule has 2 aromatic rings. The van der Waals surface area contributed by atoms with E-state index < -0.39 is 11.7 Å². The van der Waals surface area contributed by atoms with Crippen LogP contribution < -0.4 is 10.2 Å². The maximum Gasteiger partial charge on any atom is 0.274 e. The lowest BCUT2D eigenvalue weighted by atomic mass is 10.1. The lowest BCUT2D eigenvalue weighted by Gasteiger charge is -2.02. The number of nitrogens with one attached hydrogen (secondary N) is 1. The number of ether oxygens (including phenoxy) is 1. The van der Waals surface area contributed by atoms with Crippen molar-refractivity contribution in [2.45, 2.75) is 0 Å². The molecule has 0 fully saturated rings. The normalized spacial score (nSPS) is 10.2. The number of nitrogens with zero attached hydrogens (tertiary/aromatic N) is 2. The molecule has 0 aromatic heterocycles. The van der Waals surface area contributed by atoms with E-state index in [0.29, 0.717) is 5.75 Å². The van der Waals surface area contributed by atoms with Crippen LogP contribution in [0.4, 0.5) is 4.39 Å². The molecule has 0 aliphatic rings. The predicted molar refractivity (Wildman–Crippen MR) is 79.2 cm³/mol. The number of amides is 1. The fourth-order valence-electron chi connectivity index (χ4n) is 1.72. The van der Waals surface area contributed by atoms with E-state index in [4.69, 9.17) is 10.00 Å². The Morgan fingerprint density at radius 1 is 1.36 bits per heavy atom. The highest BCUT2D eigenvalue weighted by Crippen LogP contribution is 2.11. The predicted octanol–water partition coefficient (Wildman–Crippen LogP) is 2.47. The summed E-state index contributed by atoms with van der Waals surface area (Å²) in [5, 5.41) is 12.4. The zero-order chi connectivity index (χ0) is 15.9. The van der Waals surface area contributed by atoms with E-state index in [0.717, 1.165) is 11.6 Å². The molecule has 2 rings (SSSR count). The van der Waals surface area contributed by atoms with Crippen LogP contribution in [0.25, 0.3) is 0 Å². The summed E-state index contributed by atoms with van der Waals surface area (Å²) in [7, 11) is 1.55. The molecule has 1 N–H and O–H groups in total. The molecule has 0 aliphatic carbocycles. The second-order valence-electron chi connectivity index (χ2n) is 4.28. The van der Waals surface area contributed by atoms with E-state index in [9.17, 15) is 9.18 Å². The number of benzene rings is 2. The Bertz CT molecular complexity index is 766. The molecule has 0 bridgehead atoms. The number of nitriles is 1. The van der Waals surface area contributed by atoms with Gasteiger partial charge in [-0.1, -0.05) is 12.1 Å². The molecule has 2 aromatic carbocycles. The van der Waals surface area contributed by atoms with Crippen LogP contribution in [0.2, 0.25) is 0 Å². The first-order chi connectivity index (χ1) is 10.6. The van der Waals surface area contributed by atoms with Crippen LogP contribution in [-0.4, -0.2) is 19.2 Å². The number of hydrogen-bond donors (Lipinski definition) is 1. The maximum atomic E-state index is 13.7. The Morgan fingerprint density at radius 3 is 2.86 bits per heavy atom. The molecule has 1 amide bonds. The summed E-state index contributed by atoms with van der Waals surface area (Å²) in [4.78, 5) is 11.8. The summed E-state index contributed by atoms with van der Waals surface area (Å²) < 4.78 is 18.7. The highest BCUT2D eigenvalue weighted by molar-refractivity contribution is 5.95. The summed E-state index contributed by atoms with van der Waals surface area (Å²) in [5.74, 6) is -0.803. The Labute approximate surface area is 126 Å². The van der Waals surface area contributed by atoms with Crippen LogP contribution in [0, 0.1) is 17.1 Å². The summed E-state index contributed by atoms with van der Waals surface area (Å²) in [5.41, 5.74) is 2.92. The summed E-state index contributed by atoms with van der Waals surface area (Å²) in [6, 6.07) is 12.5. The van der Waals surface area contributed by atoms with Gasteiger partial charge in [0.15, 0.2) is 0 Å². The molecular weight excluding hydrogens is 285 g/mol. The third kappa shape index (κ3) is 3.67. The topological polar surface area (TPSA) is 74.5 Å². The molecule has 22 heavy (non-hydrogen) atoms. The first-order valence-electron chi connectivity index (χ1n) is 6.31. The number of methoxy groups -OCH3 is 1. The highest BCUT2D eigenvalue weighted by atomic mass is 19.1. The van der Waals surface area contributed by atoms with Crippen LogP contribution in [0.5, 0.6) is 5.75 Å². The fourth-order valence-corrected chi connectivity index (χ4v) is 1.72. The van der Waals surface area contributed by atoms with Crippen LogP contribution in [0.15, 0.2) is 47.6 Å². The van der Waals surface area contributed by atoms with Gasteiger partial charge in [0, 0.05) is 0 Å². The molecule has 0 saturated carbocycles. The average molecular weight is 297 g/mol. The van der Waals surface area contributed by atoms with E-state index >= 15 is 0 Å². The summed E-state index contributed by atoms with van der Waals surface area (Å²) in [6.45, 7) is 0. The minimum absolute atomic E-state index is 0.147. The molecule has 0 radical (unpaired) electrons. The van der Waals surface area contributed by atoms with Gasteiger partial charge < -0.3 is 4.74 Å². The molecule has 0 aliphatic heterocycles.